The predicted molar refractivity (Wildman–Crippen MR) is 127 cm³/mol. The number of anilines is 1. The predicted octanol–water partition coefficient (Wildman–Crippen LogP) is 6.02. The largest absolute Gasteiger partial charge is 0.492 e. The lowest BCUT2D eigenvalue weighted by atomic mass is 9.87. The minimum absolute atomic E-state index is 0.0111. The number of amides is 1. The second kappa shape index (κ2) is 8.50. The summed E-state index contributed by atoms with van der Waals surface area (Å²) in [5, 5.41) is 0.906. The monoisotopic (exact) mass is 438 g/mol. The first-order valence-corrected chi connectivity index (χ1v) is 11.5. The first-order valence-electron chi connectivity index (χ1n) is 10.7. The summed E-state index contributed by atoms with van der Waals surface area (Å²) >= 11 is 1.28. The SMILES string of the molecule is CN(C)c1ccc2cc(C(=O)NSc3cc(C(C)(C)C)ccc3OCC3CC3)oc2c1. The average Bonchev–Trinajstić information content (AvgIpc) is 3.45. The fraction of sp³-hybridized carbons (Fsp3) is 0.400. The number of hydrogen-bond donors (Lipinski definition) is 1. The van der Waals surface area contributed by atoms with Crippen LogP contribution in [0.25, 0.3) is 11.0 Å². The number of nitrogens with one attached hydrogen (secondary N) is 1. The topological polar surface area (TPSA) is 54.7 Å². The van der Waals surface area contributed by atoms with Gasteiger partial charge >= 0.3 is 0 Å². The molecule has 0 spiro atoms. The number of ether oxygens (including phenoxy) is 1. The molecule has 4 rings (SSSR count). The number of nitrogens with zero attached hydrogens (tertiary/aromatic N) is 1. The van der Waals surface area contributed by atoms with Gasteiger partial charge in [0.2, 0.25) is 0 Å². The molecule has 164 valence electrons. The third-order valence-electron chi connectivity index (χ3n) is 5.48. The smallest absolute Gasteiger partial charge is 0.297 e. The van der Waals surface area contributed by atoms with E-state index in [0.29, 0.717) is 17.3 Å². The molecule has 1 aromatic heterocycles. The van der Waals surface area contributed by atoms with Crippen molar-refractivity contribution >= 4 is 34.5 Å². The summed E-state index contributed by atoms with van der Waals surface area (Å²) < 4.78 is 14.8. The van der Waals surface area contributed by atoms with Gasteiger partial charge in [0.1, 0.15) is 11.3 Å². The van der Waals surface area contributed by atoms with Crippen LogP contribution in [-0.2, 0) is 5.41 Å². The van der Waals surface area contributed by atoms with Gasteiger partial charge in [-0.25, -0.2) is 0 Å². The fourth-order valence-electron chi connectivity index (χ4n) is 3.23. The van der Waals surface area contributed by atoms with E-state index >= 15 is 0 Å². The Balaban J connectivity index is 1.51. The lowest BCUT2D eigenvalue weighted by Gasteiger charge is -2.21. The molecule has 1 saturated carbocycles. The lowest BCUT2D eigenvalue weighted by molar-refractivity contribution is 0.0959. The molecule has 31 heavy (non-hydrogen) atoms. The zero-order valence-corrected chi connectivity index (χ0v) is 19.6. The number of benzene rings is 2. The summed E-state index contributed by atoms with van der Waals surface area (Å²) in [6, 6.07) is 13.9. The van der Waals surface area contributed by atoms with Gasteiger partial charge in [-0.05, 0) is 72.0 Å². The van der Waals surface area contributed by atoms with E-state index < -0.39 is 0 Å². The van der Waals surface area contributed by atoms with Crippen molar-refractivity contribution in [2.75, 3.05) is 25.6 Å². The Kier molecular flexibility index (Phi) is 5.93. The lowest BCUT2D eigenvalue weighted by Crippen LogP contribution is -2.16. The Labute approximate surface area is 188 Å². The van der Waals surface area contributed by atoms with Crippen molar-refractivity contribution in [3.63, 3.8) is 0 Å². The molecule has 1 fully saturated rings. The third-order valence-corrected chi connectivity index (χ3v) is 6.31. The molecule has 1 heterocycles. The molecule has 3 aromatic rings. The van der Waals surface area contributed by atoms with Crippen LogP contribution in [0, 0.1) is 5.92 Å². The fourth-order valence-corrected chi connectivity index (χ4v) is 3.94. The van der Waals surface area contributed by atoms with E-state index in [9.17, 15) is 4.79 Å². The summed E-state index contributed by atoms with van der Waals surface area (Å²) in [6.07, 6.45) is 2.47. The normalized spacial score (nSPS) is 14.0. The van der Waals surface area contributed by atoms with Gasteiger partial charge in [0, 0.05) is 31.2 Å². The molecule has 1 aliphatic rings. The summed E-state index contributed by atoms with van der Waals surface area (Å²) in [7, 11) is 3.95. The summed E-state index contributed by atoms with van der Waals surface area (Å²) in [6.45, 7) is 7.26. The Morgan fingerprint density at radius 3 is 2.61 bits per heavy atom. The summed E-state index contributed by atoms with van der Waals surface area (Å²) in [5.41, 5.74) is 2.93. The quantitative estimate of drug-likeness (QED) is 0.457. The Bertz CT molecular complexity index is 1090. The average molecular weight is 439 g/mol. The van der Waals surface area contributed by atoms with E-state index in [-0.39, 0.29) is 11.3 Å². The van der Waals surface area contributed by atoms with E-state index in [1.807, 2.05) is 43.3 Å². The van der Waals surface area contributed by atoms with Crippen molar-refractivity contribution in [2.24, 2.45) is 5.92 Å². The molecule has 0 aliphatic heterocycles. The standard InChI is InChI=1S/C25H30N2O3S/c1-25(2,3)18-9-11-20(29-15-16-6-7-16)23(13-18)31-26-24(28)22-12-17-8-10-19(27(4)5)14-21(17)30-22/h8-14,16H,6-7,15H2,1-5H3,(H,26,28). The molecule has 0 unspecified atom stereocenters. The van der Waals surface area contributed by atoms with Crippen molar-refractivity contribution in [1.82, 2.24) is 4.72 Å². The molecule has 1 amide bonds. The molecular weight excluding hydrogens is 408 g/mol. The minimum atomic E-state index is -0.262. The highest BCUT2D eigenvalue weighted by Gasteiger charge is 2.23. The van der Waals surface area contributed by atoms with Crippen LogP contribution in [0.4, 0.5) is 5.69 Å². The van der Waals surface area contributed by atoms with Crippen molar-refractivity contribution in [1.29, 1.82) is 0 Å². The molecule has 2 aromatic carbocycles. The van der Waals surface area contributed by atoms with Crippen LogP contribution in [-0.4, -0.2) is 26.6 Å². The first-order chi connectivity index (χ1) is 14.7. The van der Waals surface area contributed by atoms with E-state index in [1.54, 1.807) is 6.07 Å². The Morgan fingerprint density at radius 1 is 1.16 bits per heavy atom. The van der Waals surface area contributed by atoms with Crippen LogP contribution >= 0.6 is 11.9 Å². The van der Waals surface area contributed by atoms with E-state index in [4.69, 9.17) is 9.15 Å². The van der Waals surface area contributed by atoms with Crippen LogP contribution in [0.3, 0.4) is 0 Å². The van der Waals surface area contributed by atoms with Crippen molar-refractivity contribution in [3.8, 4) is 5.75 Å². The van der Waals surface area contributed by atoms with Crippen LogP contribution in [0.5, 0.6) is 5.75 Å². The molecule has 0 radical (unpaired) electrons. The molecular formula is C25H30N2O3S. The van der Waals surface area contributed by atoms with Gasteiger partial charge in [-0.2, -0.15) is 0 Å². The van der Waals surface area contributed by atoms with Crippen LogP contribution < -0.4 is 14.4 Å². The van der Waals surface area contributed by atoms with Crippen LogP contribution in [0.15, 0.2) is 51.8 Å². The van der Waals surface area contributed by atoms with Gasteiger partial charge in [-0.3, -0.25) is 9.52 Å². The number of furan rings is 1. The van der Waals surface area contributed by atoms with Gasteiger partial charge in [0.05, 0.1) is 11.5 Å². The van der Waals surface area contributed by atoms with Crippen molar-refractivity contribution < 1.29 is 13.9 Å². The molecule has 0 saturated heterocycles. The maximum absolute atomic E-state index is 12.8. The number of hydrogen-bond acceptors (Lipinski definition) is 5. The Hall–Kier alpha value is -2.60. The van der Waals surface area contributed by atoms with Gasteiger partial charge in [-0.1, -0.05) is 26.8 Å². The van der Waals surface area contributed by atoms with E-state index in [1.165, 1.54) is 30.4 Å². The zero-order valence-electron chi connectivity index (χ0n) is 18.8. The maximum atomic E-state index is 12.8. The molecule has 1 aliphatic carbocycles. The first kappa shape index (κ1) is 21.6. The minimum Gasteiger partial charge on any atom is -0.492 e. The highest BCUT2D eigenvalue weighted by Crippen LogP contribution is 2.36. The number of fused-ring (bicyclic) bond motifs is 1. The van der Waals surface area contributed by atoms with E-state index in [0.717, 1.165) is 28.3 Å². The molecule has 6 heteroatoms. The van der Waals surface area contributed by atoms with Crippen molar-refractivity contribution in [2.45, 2.75) is 43.9 Å². The second-order valence-corrected chi connectivity index (χ2v) is 10.3. The van der Waals surface area contributed by atoms with Crippen LogP contribution in [0.2, 0.25) is 0 Å². The maximum Gasteiger partial charge on any atom is 0.297 e. The Morgan fingerprint density at radius 2 is 1.94 bits per heavy atom. The number of carbonyl (C=O) groups is 1. The highest BCUT2D eigenvalue weighted by atomic mass is 32.2. The van der Waals surface area contributed by atoms with Gasteiger partial charge in [-0.15, -0.1) is 0 Å². The van der Waals surface area contributed by atoms with Gasteiger partial charge < -0.3 is 14.1 Å². The van der Waals surface area contributed by atoms with Crippen LogP contribution in [0.1, 0.15) is 49.7 Å². The summed E-state index contributed by atoms with van der Waals surface area (Å²) in [4.78, 5) is 15.7. The zero-order chi connectivity index (χ0) is 22.2. The number of rotatable bonds is 7. The van der Waals surface area contributed by atoms with E-state index in [2.05, 4.69) is 37.6 Å². The molecule has 5 nitrogen and oxygen atoms in total. The highest BCUT2D eigenvalue weighted by molar-refractivity contribution is 7.98. The van der Waals surface area contributed by atoms with Gasteiger partial charge in [0.15, 0.2) is 5.76 Å². The third kappa shape index (κ3) is 5.18. The molecule has 1 N–H and O–H groups in total. The molecule has 0 bridgehead atoms. The summed E-state index contributed by atoms with van der Waals surface area (Å²) in [5.74, 6) is 1.51. The number of carbonyl (C=O) groups excluding carboxylic acids is 1. The molecule has 0 atom stereocenters. The van der Waals surface area contributed by atoms with Gasteiger partial charge in [0.25, 0.3) is 5.91 Å². The second-order valence-electron chi connectivity index (χ2n) is 9.43. The van der Waals surface area contributed by atoms with Crippen molar-refractivity contribution in [3.05, 3.63) is 53.8 Å².